The molecule has 1 saturated heterocycles. The Balaban J connectivity index is 1.70. The number of halogens is 1. The Bertz CT molecular complexity index is 865. The van der Waals surface area contributed by atoms with Gasteiger partial charge in [0.2, 0.25) is 0 Å². The molecule has 0 spiro atoms. The largest absolute Gasteiger partial charge is 0.271 e. The van der Waals surface area contributed by atoms with Crippen molar-refractivity contribution in [3.8, 4) is 0 Å². The molecule has 4 rings (SSSR count). The van der Waals surface area contributed by atoms with Crippen LogP contribution in [0.3, 0.4) is 0 Å². The number of carbonyl (C=O) groups excluding carboxylic acids is 2. The Labute approximate surface area is 137 Å². The van der Waals surface area contributed by atoms with Crippen LogP contribution in [0.25, 0.3) is 0 Å². The second kappa shape index (κ2) is 5.23. The number of hydrogen-bond acceptors (Lipinski definition) is 5. The maximum atomic E-state index is 13.5. The van der Waals surface area contributed by atoms with Crippen LogP contribution >= 0.6 is 0 Å². The number of fused-ring (bicyclic) bond motifs is 1. The highest BCUT2D eigenvalue weighted by Crippen LogP contribution is 2.34. The summed E-state index contributed by atoms with van der Waals surface area (Å²) in [7, 11) is 0. The van der Waals surface area contributed by atoms with Gasteiger partial charge in [0.25, 0.3) is 11.8 Å². The zero-order valence-electron chi connectivity index (χ0n) is 12.8. The standard InChI is InChI=1S/C17H13FN4O2/c1-10-5-7-12(8-6-10)21-16(23)14-15(17(21)24)22(20-19-14)13-4-2-3-11(18)9-13/h2-9,14-15H,1H3/t14-,15+/m0/s1. The second-order valence-corrected chi connectivity index (χ2v) is 5.77. The molecular formula is C17H13FN4O2. The number of anilines is 2. The molecule has 2 atom stereocenters. The predicted octanol–water partition coefficient (Wildman–Crippen LogP) is 2.63. The fraction of sp³-hybridized carbons (Fsp3) is 0.176. The van der Waals surface area contributed by atoms with Crippen LogP contribution in [-0.4, -0.2) is 23.9 Å². The average molecular weight is 324 g/mol. The van der Waals surface area contributed by atoms with Crippen molar-refractivity contribution >= 4 is 23.2 Å². The van der Waals surface area contributed by atoms with Crippen molar-refractivity contribution < 1.29 is 14.0 Å². The molecule has 6 nitrogen and oxygen atoms in total. The van der Waals surface area contributed by atoms with Crippen molar-refractivity contribution in [3.05, 3.63) is 59.9 Å². The third-order valence-corrected chi connectivity index (χ3v) is 4.15. The number of hydrogen-bond donors (Lipinski definition) is 0. The highest BCUT2D eigenvalue weighted by molar-refractivity contribution is 6.26. The molecule has 0 radical (unpaired) electrons. The van der Waals surface area contributed by atoms with Gasteiger partial charge in [-0.05, 0) is 37.3 Å². The zero-order chi connectivity index (χ0) is 16.8. The van der Waals surface area contributed by atoms with Gasteiger partial charge in [0.1, 0.15) is 5.82 Å². The van der Waals surface area contributed by atoms with Gasteiger partial charge in [0, 0.05) is 0 Å². The van der Waals surface area contributed by atoms with Gasteiger partial charge in [0.05, 0.1) is 11.4 Å². The average Bonchev–Trinajstić information content (AvgIpc) is 3.10. The minimum absolute atomic E-state index is 0.387. The lowest BCUT2D eigenvalue weighted by molar-refractivity contribution is -0.121. The van der Waals surface area contributed by atoms with Crippen LogP contribution in [0.1, 0.15) is 5.56 Å². The second-order valence-electron chi connectivity index (χ2n) is 5.77. The van der Waals surface area contributed by atoms with E-state index in [4.69, 9.17) is 0 Å². The van der Waals surface area contributed by atoms with Crippen LogP contribution in [0, 0.1) is 12.7 Å². The SMILES string of the molecule is Cc1ccc(N2C(=O)[C@H]3N=NN(c4cccc(F)c4)[C@H]3C2=O)cc1. The Morgan fingerprint density at radius 3 is 2.46 bits per heavy atom. The molecule has 0 saturated carbocycles. The van der Waals surface area contributed by atoms with E-state index in [1.54, 1.807) is 18.2 Å². The molecule has 2 aliphatic rings. The van der Waals surface area contributed by atoms with E-state index in [2.05, 4.69) is 10.3 Å². The predicted molar refractivity (Wildman–Crippen MR) is 85.0 cm³/mol. The minimum atomic E-state index is -0.901. The zero-order valence-corrected chi connectivity index (χ0v) is 12.8. The first-order valence-corrected chi connectivity index (χ1v) is 7.46. The maximum absolute atomic E-state index is 13.5. The Morgan fingerprint density at radius 1 is 1.00 bits per heavy atom. The lowest BCUT2D eigenvalue weighted by Crippen LogP contribution is -2.39. The van der Waals surface area contributed by atoms with E-state index >= 15 is 0 Å². The van der Waals surface area contributed by atoms with E-state index in [0.29, 0.717) is 11.4 Å². The number of nitrogens with zero attached hydrogens (tertiary/aromatic N) is 4. The first-order valence-electron chi connectivity index (χ1n) is 7.46. The van der Waals surface area contributed by atoms with Crippen molar-refractivity contribution in [2.75, 3.05) is 9.91 Å². The summed E-state index contributed by atoms with van der Waals surface area (Å²) < 4.78 is 13.5. The van der Waals surface area contributed by atoms with Gasteiger partial charge in [-0.3, -0.25) is 9.59 Å². The van der Waals surface area contributed by atoms with Crippen LogP contribution in [0.4, 0.5) is 15.8 Å². The van der Waals surface area contributed by atoms with Crippen molar-refractivity contribution in [3.63, 3.8) is 0 Å². The van der Waals surface area contributed by atoms with Gasteiger partial charge in [-0.2, -0.15) is 5.11 Å². The van der Waals surface area contributed by atoms with E-state index in [1.165, 1.54) is 23.2 Å². The van der Waals surface area contributed by atoms with Crippen molar-refractivity contribution in [2.24, 2.45) is 10.3 Å². The molecule has 120 valence electrons. The number of carbonyl (C=O) groups is 2. The molecule has 2 heterocycles. The number of amides is 2. The van der Waals surface area contributed by atoms with Crippen LogP contribution in [-0.2, 0) is 9.59 Å². The van der Waals surface area contributed by atoms with Crippen molar-refractivity contribution in [1.82, 2.24) is 0 Å². The molecule has 0 bridgehead atoms. The summed E-state index contributed by atoms with van der Waals surface area (Å²) in [6, 6.07) is 11.0. The van der Waals surface area contributed by atoms with Crippen LogP contribution in [0.2, 0.25) is 0 Å². The van der Waals surface area contributed by atoms with E-state index in [1.807, 2.05) is 19.1 Å². The fourth-order valence-corrected chi connectivity index (χ4v) is 2.94. The summed E-state index contributed by atoms with van der Waals surface area (Å²) in [5.74, 6) is -1.28. The summed E-state index contributed by atoms with van der Waals surface area (Å²) >= 11 is 0. The summed E-state index contributed by atoms with van der Waals surface area (Å²) in [6.07, 6.45) is 0. The first-order chi connectivity index (χ1) is 11.6. The third-order valence-electron chi connectivity index (χ3n) is 4.15. The van der Waals surface area contributed by atoms with E-state index < -0.39 is 29.7 Å². The lowest BCUT2D eigenvalue weighted by Gasteiger charge is -2.20. The highest BCUT2D eigenvalue weighted by Gasteiger charge is 2.55. The molecule has 2 aromatic carbocycles. The molecule has 2 aromatic rings. The van der Waals surface area contributed by atoms with Gasteiger partial charge < -0.3 is 0 Å². The number of imide groups is 1. The Hall–Kier alpha value is -3.09. The van der Waals surface area contributed by atoms with E-state index in [0.717, 1.165) is 10.5 Å². The molecule has 0 unspecified atom stereocenters. The molecule has 2 amide bonds. The Kier molecular flexibility index (Phi) is 3.16. The Morgan fingerprint density at radius 2 is 1.75 bits per heavy atom. The molecule has 24 heavy (non-hydrogen) atoms. The first kappa shape index (κ1) is 14.5. The maximum Gasteiger partial charge on any atom is 0.263 e. The van der Waals surface area contributed by atoms with Gasteiger partial charge in [-0.25, -0.2) is 14.3 Å². The number of benzene rings is 2. The monoisotopic (exact) mass is 324 g/mol. The van der Waals surface area contributed by atoms with Crippen molar-refractivity contribution in [1.29, 1.82) is 0 Å². The molecule has 0 aromatic heterocycles. The van der Waals surface area contributed by atoms with Gasteiger partial charge in [-0.15, -0.1) is 0 Å². The van der Waals surface area contributed by atoms with Gasteiger partial charge in [-0.1, -0.05) is 29.0 Å². The quantitative estimate of drug-likeness (QED) is 0.798. The highest BCUT2D eigenvalue weighted by atomic mass is 19.1. The van der Waals surface area contributed by atoms with E-state index in [9.17, 15) is 14.0 Å². The summed E-state index contributed by atoms with van der Waals surface area (Å²) in [5, 5.41) is 9.13. The molecular weight excluding hydrogens is 311 g/mol. The number of aryl methyl sites for hydroxylation is 1. The van der Waals surface area contributed by atoms with E-state index in [-0.39, 0.29) is 0 Å². The smallest absolute Gasteiger partial charge is 0.263 e. The fourth-order valence-electron chi connectivity index (χ4n) is 2.94. The summed E-state index contributed by atoms with van der Waals surface area (Å²) in [5.41, 5.74) is 1.91. The van der Waals surface area contributed by atoms with Crippen molar-refractivity contribution in [2.45, 2.75) is 19.0 Å². The summed E-state index contributed by atoms with van der Waals surface area (Å²) in [6.45, 7) is 1.92. The van der Waals surface area contributed by atoms with Crippen LogP contribution in [0.5, 0.6) is 0 Å². The summed E-state index contributed by atoms with van der Waals surface area (Å²) in [4.78, 5) is 26.5. The topological polar surface area (TPSA) is 65.3 Å². The number of rotatable bonds is 2. The minimum Gasteiger partial charge on any atom is -0.271 e. The molecule has 7 heteroatoms. The molecule has 0 aliphatic carbocycles. The van der Waals surface area contributed by atoms with Crippen LogP contribution in [0.15, 0.2) is 58.9 Å². The molecule has 0 N–H and O–H groups in total. The van der Waals surface area contributed by atoms with Gasteiger partial charge >= 0.3 is 0 Å². The molecule has 1 fully saturated rings. The lowest BCUT2D eigenvalue weighted by atomic mass is 10.1. The third kappa shape index (κ3) is 2.09. The van der Waals surface area contributed by atoms with Gasteiger partial charge in [0.15, 0.2) is 12.1 Å². The van der Waals surface area contributed by atoms with Crippen LogP contribution < -0.4 is 9.91 Å². The molecule has 2 aliphatic heterocycles. The normalized spacial score (nSPS) is 22.4.